The fraction of sp³-hybridized carbons (Fsp3) is 0.667. The van der Waals surface area contributed by atoms with E-state index in [0.717, 1.165) is 17.9 Å². The van der Waals surface area contributed by atoms with Gasteiger partial charge >= 0.3 is 6.03 Å². The highest BCUT2D eigenvalue weighted by molar-refractivity contribution is 6.02. The van der Waals surface area contributed by atoms with Crippen molar-refractivity contribution in [3.05, 3.63) is 0 Å². The van der Waals surface area contributed by atoms with Crippen molar-refractivity contribution in [1.82, 2.24) is 15.8 Å². The van der Waals surface area contributed by atoms with E-state index in [0.29, 0.717) is 0 Å². The molecule has 15 heavy (non-hydrogen) atoms. The number of imide groups is 1. The number of carbonyl (C=O) groups excluding carboxylic acids is 3. The van der Waals surface area contributed by atoms with Crippen molar-refractivity contribution < 1.29 is 14.4 Å². The Balaban J connectivity index is 2.44. The summed E-state index contributed by atoms with van der Waals surface area (Å²) in [6, 6.07) is -0.572. The third-order valence-corrected chi connectivity index (χ3v) is 2.21. The fourth-order valence-electron chi connectivity index (χ4n) is 1.34. The zero-order chi connectivity index (χ0) is 11.4. The van der Waals surface area contributed by atoms with Crippen LogP contribution in [0.5, 0.6) is 0 Å². The highest BCUT2D eigenvalue weighted by Gasteiger charge is 2.28. The van der Waals surface area contributed by atoms with Gasteiger partial charge in [0.2, 0.25) is 11.8 Å². The molecular weight excluding hydrogens is 198 g/mol. The second-order valence-corrected chi connectivity index (χ2v) is 3.61. The van der Waals surface area contributed by atoms with Crippen molar-refractivity contribution in [2.45, 2.75) is 26.7 Å². The highest BCUT2D eigenvalue weighted by atomic mass is 16.2. The second kappa shape index (κ2) is 4.77. The normalized spacial score (nSPS) is 17.6. The first-order chi connectivity index (χ1) is 7.04. The maximum absolute atomic E-state index is 11.5. The molecule has 1 aliphatic heterocycles. The Bertz CT molecular complexity index is 290. The summed E-state index contributed by atoms with van der Waals surface area (Å²) in [6.07, 6.45) is 1.66. The third kappa shape index (κ3) is 2.93. The van der Waals surface area contributed by atoms with Crippen molar-refractivity contribution in [3.8, 4) is 0 Å². The smallest absolute Gasteiger partial charge is 0.275 e. The lowest BCUT2D eigenvalue weighted by Crippen LogP contribution is -2.46. The quantitative estimate of drug-likeness (QED) is 0.645. The Labute approximate surface area is 88.0 Å². The second-order valence-electron chi connectivity index (χ2n) is 3.61. The average molecular weight is 213 g/mol. The molecule has 1 rings (SSSR count). The molecule has 2 N–H and O–H groups in total. The van der Waals surface area contributed by atoms with E-state index in [9.17, 15) is 14.4 Å². The molecule has 0 spiro atoms. The molecule has 0 aromatic carbocycles. The summed E-state index contributed by atoms with van der Waals surface area (Å²) >= 11 is 0. The summed E-state index contributed by atoms with van der Waals surface area (Å²) < 4.78 is 0. The molecule has 84 valence electrons. The van der Waals surface area contributed by atoms with Crippen LogP contribution in [-0.2, 0) is 9.59 Å². The molecule has 0 radical (unpaired) electrons. The van der Waals surface area contributed by atoms with Gasteiger partial charge in [-0.15, -0.1) is 0 Å². The summed E-state index contributed by atoms with van der Waals surface area (Å²) in [5.74, 6) is -0.788. The van der Waals surface area contributed by atoms with Gasteiger partial charge in [0.15, 0.2) is 0 Å². The van der Waals surface area contributed by atoms with E-state index in [1.54, 1.807) is 6.92 Å². The van der Waals surface area contributed by atoms with Crippen LogP contribution in [0.3, 0.4) is 0 Å². The van der Waals surface area contributed by atoms with Crippen molar-refractivity contribution >= 4 is 17.8 Å². The molecule has 1 fully saturated rings. The molecule has 1 heterocycles. The zero-order valence-corrected chi connectivity index (χ0v) is 8.87. The van der Waals surface area contributed by atoms with Gasteiger partial charge < -0.3 is 0 Å². The summed E-state index contributed by atoms with van der Waals surface area (Å²) in [4.78, 5) is 33.4. The van der Waals surface area contributed by atoms with Crippen LogP contribution in [0.25, 0.3) is 0 Å². The van der Waals surface area contributed by atoms with E-state index in [1.165, 1.54) is 0 Å². The zero-order valence-electron chi connectivity index (χ0n) is 8.87. The van der Waals surface area contributed by atoms with E-state index in [4.69, 9.17) is 0 Å². The van der Waals surface area contributed by atoms with Crippen LogP contribution in [0, 0.1) is 5.92 Å². The lowest BCUT2D eigenvalue weighted by atomic mass is 10.1. The van der Waals surface area contributed by atoms with Gasteiger partial charge in [0, 0.05) is 5.92 Å². The van der Waals surface area contributed by atoms with Gasteiger partial charge in [-0.1, -0.05) is 20.3 Å². The SMILES string of the molecule is CCCC(C)C(=O)NN1CC(=O)NC1=O. The first kappa shape index (κ1) is 11.5. The van der Waals surface area contributed by atoms with Gasteiger partial charge in [0.25, 0.3) is 0 Å². The van der Waals surface area contributed by atoms with Gasteiger partial charge in [-0.25, -0.2) is 9.80 Å². The van der Waals surface area contributed by atoms with Gasteiger partial charge in [-0.2, -0.15) is 0 Å². The number of carbonyl (C=O) groups is 3. The monoisotopic (exact) mass is 213 g/mol. The Morgan fingerprint density at radius 2 is 2.27 bits per heavy atom. The molecule has 1 atom stereocenters. The minimum absolute atomic E-state index is 0.108. The number of hydrogen-bond acceptors (Lipinski definition) is 3. The predicted octanol–water partition coefficient (Wildman–Crippen LogP) is 0.00560. The molecule has 6 nitrogen and oxygen atoms in total. The van der Waals surface area contributed by atoms with Crippen LogP contribution < -0.4 is 10.7 Å². The molecule has 0 aromatic heterocycles. The van der Waals surface area contributed by atoms with E-state index in [2.05, 4.69) is 10.7 Å². The summed E-state index contributed by atoms with van der Waals surface area (Å²) in [7, 11) is 0. The number of hydrazine groups is 1. The first-order valence-electron chi connectivity index (χ1n) is 4.96. The van der Waals surface area contributed by atoms with Gasteiger partial charge in [-0.05, 0) is 6.42 Å². The number of nitrogens with one attached hydrogen (secondary N) is 2. The maximum atomic E-state index is 11.5. The highest BCUT2D eigenvalue weighted by Crippen LogP contribution is 2.05. The topological polar surface area (TPSA) is 78.5 Å². The van der Waals surface area contributed by atoms with Gasteiger partial charge in [-0.3, -0.25) is 20.3 Å². The van der Waals surface area contributed by atoms with Crippen molar-refractivity contribution in [2.75, 3.05) is 6.54 Å². The Morgan fingerprint density at radius 3 is 2.73 bits per heavy atom. The lowest BCUT2D eigenvalue weighted by Gasteiger charge is -2.17. The minimum Gasteiger partial charge on any atom is -0.275 e. The number of amides is 4. The number of urea groups is 1. The molecule has 6 heteroatoms. The number of nitrogens with zero attached hydrogens (tertiary/aromatic N) is 1. The van der Waals surface area contributed by atoms with Crippen LogP contribution >= 0.6 is 0 Å². The standard InChI is InChI=1S/C9H15N3O3/c1-3-4-6(2)8(14)11-12-5-7(13)10-9(12)15/h6H,3-5H2,1-2H3,(H,11,14)(H,10,13,15). The van der Waals surface area contributed by atoms with E-state index in [1.807, 2.05) is 6.92 Å². The lowest BCUT2D eigenvalue weighted by molar-refractivity contribution is -0.128. The van der Waals surface area contributed by atoms with E-state index >= 15 is 0 Å². The molecular formula is C9H15N3O3. The fourth-order valence-corrected chi connectivity index (χ4v) is 1.34. The van der Waals surface area contributed by atoms with Crippen LogP contribution in [0.1, 0.15) is 26.7 Å². The summed E-state index contributed by atoms with van der Waals surface area (Å²) in [5.41, 5.74) is 2.41. The number of hydrogen-bond donors (Lipinski definition) is 2. The summed E-state index contributed by atoms with van der Waals surface area (Å²) in [6.45, 7) is 3.66. The largest absolute Gasteiger partial charge is 0.343 e. The van der Waals surface area contributed by atoms with Gasteiger partial charge in [0.05, 0.1) is 0 Å². The molecule has 1 unspecified atom stereocenters. The molecule has 1 aliphatic rings. The van der Waals surface area contributed by atoms with Crippen LogP contribution in [0.15, 0.2) is 0 Å². The average Bonchev–Trinajstić information content (AvgIpc) is 2.45. The third-order valence-electron chi connectivity index (χ3n) is 2.21. The number of rotatable bonds is 4. The molecule has 1 saturated heterocycles. The molecule has 4 amide bonds. The maximum Gasteiger partial charge on any atom is 0.343 e. The summed E-state index contributed by atoms with van der Waals surface area (Å²) in [5, 5.41) is 3.07. The van der Waals surface area contributed by atoms with Gasteiger partial charge in [0.1, 0.15) is 6.54 Å². The Morgan fingerprint density at radius 1 is 1.60 bits per heavy atom. The molecule has 0 bridgehead atoms. The van der Waals surface area contributed by atoms with Crippen LogP contribution in [0.2, 0.25) is 0 Å². The van der Waals surface area contributed by atoms with Crippen molar-refractivity contribution in [1.29, 1.82) is 0 Å². The van der Waals surface area contributed by atoms with E-state index < -0.39 is 11.9 Å². The Kier molecular flexibility index (Phi) is 3.65. The van der Waals surface area contributed by atoms with E-state index in [-0.39, 0.29) is 18.4 Å². The van der Waals surface area contributed by atoms with Crippen LogP contribution in [0.4, 0.5) is 4.79 Å². The predicted molar refractivity (Wildman–Crippen MR) is 52.5 cm³/mol. The molecule has 0 aliphatic carbocycles. The first-order valence-corrected chi connectivity index (χ1v) is 4.96. The van der Waals surface area contributed by atoms with Crippen molar-refractivity contribution in [3.63, 3.8) is 0 Å². The minimum atomic E-state index is -0.572. The Hall–Kier alpha value is -1.59. The van der Waals surface area contributed by atoms with Crippen molar-refractivity contribution in [2.24, 2.45) is 5.92 Å². The molecule has 0 aromatic rings. The molecule has 0 saturated carbocycles. The van der Waals surface area contributed by atoms with Crippen LogP contribution in [-0.4, -0.2) is 29.4 Å².